The summed E-state index contributed by atoms with van der Waals surface area (Å²) < 4.78 is 0. The Kier molecular flexibility index (Phi) is 5.03. The zero-order valence-corrected chi connectivity index (χ0v) is 22.9. The molecule has 0 nitrogen and oxygen atoms in total. The van der Waals surface area contributed by atoms with Crippen LogP contribution in [0.2, 0.25) is 39.3 Å². The molecule has 5 rings (SSSR count). The van der Waals surface area contributed by atoms with E-state index >= 15 is 0 Å². The summed E-state index contributed by atoms with van der Waals surface area (Å²) in [6, 6.07) is 22.6. The van der Waals surface area contributed by atoms with Crippen LogP contribution in [0.25, 0.3) is 43.1 Å². The van der Waals surface area contributed by atoms with Gasteiger partial charge in [0.15, 0.2) is 0 Å². The van der Waals surface area contributed by atoms with Crippen molar-refractivity contribution in [3.63, 3.8) is 0 Å². The van der Waals surface area contributed by atoms with Crippen LogP contribution in [0.4, 0.5) is 0 Å². The highest BCUT2D eigenvalue weighted by Crippen LogP contribution is 2.32. The maximum atomic E-state index is 5.80. The first kappa shape index (κ1) is 22.5. The number of benzene rings is 5. The molecule has 0 saturated carbocycles. The molecule has 0 saturated heterocycles. The lowest BCUT2D eigenvalue weighted by Gasteiger charge is -2.29. The molecule has 2 heteroatoms. The summed E-state index contributed by atoms with van der Waals surface area (Å²) in [5, 5.41) is 13.7. The summed E-state index contributed by atoms with van der Waals surface area (Å²) in [5.74, 6) is 5.58. The average molecular weight is 471 g/mol. The molecule has 0 bridgehead atoms. The molecule has 0 fully saturated rings. The number of fused-ring (bicyclic) bond motifs is 4. The normalized spacial score (nSPS) is 12.4. The Bertz CT molecular complexity index is 1600. The molecule has 0 N–H and O–H groups in total. The molecule has 166 valence electrons. The lowest BCUT2D eigenvalue weighted by Crippen LogP contribution is -2.44. The molecule has 0 spiro atoms. The van der Waals surface area contributed by atoms with Crippen LogP contribution in [0.5, 0.6) is 0 Å². The Morgan fingerprint density at radius 2 is 0.824 bits per heavy atom. The van der Waals surface area contributed by atoms with E-state index in [-0.39, 0.29) is 0 Å². The maximum absolute atomic E-state index is 5.80. The summed E-state index contributed by atoms with van der Waals surface area (Å²) in [5.41, 5.74) is 1.59. The molecule has 5 aromatic carbocycles. The zero-order valence-electron chi connectivity index (χ0n) is 20.9. The molecule has 0 aromatic heterocycles. The monoisotopic (exact) mass is 470 g/mol. The first-order valence-corrected chi connectivity index (χ1v) is 18.9. The fourth-order valence-corrected chi connectivity index (χ4v) is 9.62. The summed E-state index contributed by atoms with van der Waals surface area (Å²) in [4.78, 5) is 0. The molecule has 0 aliphatic rings. The number of hydrogen-bond acceptors (Lipinski definition) is 0. The van der Waals surface area contributed by atoms with Crippen molar-refractivity contribution in [1.29, 1.82) is 0 Å². The first-order valence-electron chi connectivity index (χ1n) is 11.9. The fourth-order valence-electron chi connectivity index (χ4n) is 5.56. The van der Waals surface area contributed by atoms with Crippen molar-refractivity contribution in [3.05, 3.63) is 71.8 Å². The largest absolute Gasteiger partial charge is 0.115 e. The van der Waals surface area contributed by atoms with E-state index in [1.807, 2.05) is 0 Å². The van der Waals surface area contributed by atoms with E-state index in [1.54, 1.807) is 0 Å². The number of rotatable bonds is 2. The highest BCUT2D eigenvalue weighted by molar-refractivity contribution is 6.95. The van der Waals surface area contributed by atoms with Gasteiger partial charge in [-0.2, -0.15) is 0 Å². The van der Waals surface area contributed by atoms with Crippen LogP contribution in [-0.4, -0.2) is 16.1 Å². The Labute approximate surface area is 205 Å². The topological polar surface area (TPSA) is 0 Å². The van der Waals surface area contributed by atoms with E-state index in [0.29, 0.717) is 0 Å². The van der Waals surface area contributed by atoms with E-state index in [4.69, 9.17) is 12.8 Å². The third kappa shape index (κ3) is 3.46. The predicted molar refractivity (Wildman–Crippen MR) is 158 cm³/mol. The second-order valence-corrected chi connectivity index (χ2v) is 21.4. The summed E-state index contributed by atoms with van der Waals surface area (Å²) in [6.45, 7) is 14.8. The molecule has 0 aliphatic heterocycles. The second kappa shape index (κ2) is 7.61. The Morgan fingerprint density at radius 3 is 1.12 bits per heavy atom. The van der Waals surface area contributed by atoms with Crippen molar-refractivity contribution in [2.24, 2.45) is 0 Å². The Morgan fingerprint density at radius 1 is 0.500 bits per heavy atom. The minimum absolute atomic E-state index is 0.793. The van der Waals surface area contributed by atoms with Crippen LogP contribution in [-0.2, 0) is 0 Å². The van der Waals surface area contributed by atoms with Gasteiger partial charge in [-0.25, -0.2) is 0 Å². The third-order valence-electron chi connectivity index (χ3n) is 6.89. The molecule has 34 heavy (non-hydrogen) atoms. The van der Waals surface area contributed by atoms with Gasteiger partial charge in [0.2, 0.25) is 0 Å². The van der Waals surface area contributed by atoms with Crippen molar-refractivity contribution < 1.29 is 0 Å². The van der Waals surface area contributed by atoms with E-state index in [9.17, 15) is 0 Å². The number of terminal acetylenes is 2. The van der Waals surface area contributed by atoms with Gasteiger partial charge in [0.25, 0.3) is 0 Å². The van der Waals surface area contributed by atoms with Crippen LogP contribution in [0.1, 0.15) is 11.1 Å². The van der Waals surface area contributed by atoms with Crippen molar-refractivity contribution in [2.75, 3.05) is 0 Å². The van der Waals surface area contributed by atoms with Gasteiger partial charge >= 0.3 is 0 Å². The fraction of sp³-hybridized carbons (Fsp3) is 0.188. The first-order chi connectivity index (χ1) is 16.0. The SMILES string of the molecule is C#Cc1cc2cc3c([Si](C)(C)C)c4cc5ccccc5cc4c([Si](C)(C)C)c3cc2cc1C#C. The quantitative estimate of drug-likeness (QED) is 0.144. The van der Waals surface area contributed by atoms with Crippen LogP contribution in [0.3, 0.4) is 0 Å². The summed E-state index contributed by atoms with van der Waals surface area (Å²) in [7, 11) is -3.43. The zero-order chi connectivity index (χ0) is 24.4. The smallest absolute Gasteiger partial charge is 0.0792 e. The van der Waals surface area contributed by atoms with Gasteiger partial charge in [0.1, 0.15) is 0 Å². The molecule has 0 unspecified atom stereocenters. The molecule has 0 heterocycles. The second-order valence-electron chi connectivity index (χ2n) is 11.4. The van der Waals surface area contributed by atoms with Crippen LogP contribution < -0.4 is 10.4 Å². The van der Waals surface area contributed by atoms with Gasteiger partial charge < -0.3 is 0 Å². The average Bonchev–Trinajstić information content (AvgIpc) is 2.77. The van der Waals surface area contributed by atoms with Crippen molar-refractivity contribution >= 4 is 69.6 Å². The predicted octanol–water partition coefficient (Wildman–Crippen LogP) is 7.35. The molecular weight excluding hydrogens is 441 g/mol. The standard InChI is InChI=1S/C32H30Si2/c1-9-21-15-25-19-29-30(20-26(25)16-22(21)10-2)32(34(6,7)8)28-18-24-14-12-11-13-23(24)17-27(28)31(29)33(3,4)5/h1-2,11-20H,3-8H3. The highest BCUT2D eigenvalue weighted by atomic mass is 28.3. The highest BCUT2D eigenvalue weighted by Gasteiger charge is 2.29. The van der Waals surface area contributed by atoms with Gasteiger partial charge in [-0.15, -0.1) is 12.8 Å². The lowest BCUT2D eigenvalue weighted by atomic mass is 9.95. The maximum Gasteiger partial charge on any atom is 0.0792 e. The van der Waals surface area contributed by atoms with Gasteiger partial charge in [-0.1, -0.05) is 75.4 Å². The molecule has 0 amide bonds. The van der Waals surface area contributed by atoms with E-state index in [2.05, 4.69) is 112 Å². The minimum Gasteiger partial charge on any atom is -0.115 e. The van der Waals surface area contributed by atoms with Crippen LogP contribution in [0.15, 0.2) is 60.7 Å². The number of hydrogen-bond donors (Lipinski definition) is 0. The van der Waals surface area contributed by atoms with E-state index < -0.39 is 16.1 Å². The molecule has 0 atom stereocenters. The molecule has 0 radical (unpaired) electrons. The van der Waals surface area contributed by atoms with E-state index in [1.165, 1.54) is 53.5 Å². The molecule has 5 aromatic rings. The molecular formula is C32H30Si2. The lowest BCUT2D eigenvalue weighted by molar-refractivity contribution is 1.65. The summed E-state index contributed by atoms with van der Waals surface area (Å²) >= 11 is 0. The van der Waals surface area contributed by atoms with Crippen LogP contribution in [0, 0.1) is 24.7 Å². The summed E-state index contributed by atoms with van der Waals surface area (Å²) in [6.07, 6.45) is 11.6. The Balaban J connectivity index is 2.11. The minimum atomic E-state index is -1.72. The van der Waals surface area contributed by atoms with Gasteiger partial charge in [0, 0.05) is 11.1 Å². The molecule has 0 aliphatic carbocycles. The van der Waals surface area contributed by atoms with E-state index in [0.717, 1.165) is 11.1 Å². The Hall–Kier alpha value is -3.31. The van der Waals surface area contributed by atoms with Crippen molar-refractivity contribution in [2.45, 2.75) is 39.3 Å². The van der Waals surface area contributed by atoms with Crippen molar-refractivity contribution in [3.8, 4) is 24.7 Å². The van der Waals surface area contributed by atoms with Gasteiger partial charge in [-0.05, 0) is 89.9 Å². The van der Waals surface area contributed by atoms with Crippen LogP contribution >= 0.6 is 0 Å². The third-order valence-corrected chi connectivity index (χ3v) is 11.0. The van der Waals surface area contributed by atoms with Gasteiger partial charge in [-0.3, -0.25) is 0 Å². The van der Waals surface area contributed by atoms with Gasteiger partial charge in [0.05, 0.1) is 16.1 Å². The van der Waals surface area contributed by atoms with Crippen molar-refractivity contribution in [1.82, 2.24) is 0 Å².